The maximum atomic E-state index is 15.0. The summed E-state index contributed by atoms with van der Waals surface area (Å²) >= 11 is 0. The van der Waals surface area contributed by atoms with Crippen LogP contribution < -0.4 is 5.73 Å². The van der Waals surface area contributed by atoms with Crippen LogP contribution >= 0.6 is 0 Å². The number of amides is 1. The van der Waals surface area contributed by atoms with Gasteiger partial charge in [0.25, 0.3) is 0 Å². The first-order valence-electron chi connectivity index (χ1n) is 9.52. The Hall–Kier alpha value is -3.66. The number of benzene rings is 4. The van der Waals surface area contributed by atoms with Gasteiger partial charge >= 0.3 is 0 Å². The molecule has 142 valence electrons. The Balaban J connectivity index is 1.88. The smallest absolute Gasteiger partial charge is 0.249 e. The fourth-order valence-electron chi connectivity index (χ4n) is 4.34. The molecule has 0 unspecified atom stereocenters. The molecule has 1 amide bonds. The van der Waals surface area contributed by atoms with Gasteiger partial charge in [-0.25, -0.2) is 4.39 Å². The third-order valence-corrected chi connectivity index (χ3v) is 5.72. The Morgan fingerprint density at radius 1 is 0.931 bits per heavy atom. The number of halogens is 1. The van der Waals surface area contributed by atoms with Crippen molar-refractivity contribution in [2.45, 2.75) is 13.5 Å². The zero-order valence-electron chi connectivity index (χ0n) is 15.9. The first-order valence-corrected chi connectivity index (χ1v) is 9.52. The average molecular weight is 382 g/mol. The minimum Gasteiger partial charge on any atom is -0.366 e. The molecule has 0 aliphatic heterocycles. The first kappa shape index (κ1) is 17.4. The summed E-state index contributed by atoms with van der Waals surface area (Å²) in [6, 6.07) is 22.8. The molecule has 0 bridgehead atoms. The van der Waals surface area contributed by atoms with E-state index in [1.807, 2.05) is 28.8 Å². The van der Waals surface area contributed by atoms with Crippen LogP contribution in [-0.4, -0.2) is 10.5 Å². The molecule has 3 nitrogen and oxygen atoms in total. The lowest BCUT2D eigenvalue weighted by Crippen LogP contribution is -2.11. The van der Waals surface area contributed by atoms with E-state index in [9.17, 15) is 9.18 Å². The lowest BCUT2D eigenvalue weighted by molar-refractivity contribution is 0.100. The Morgan fingerprint density at radius 3 is 2.52 bits per heavy atom. The molecule has 4 aromatic carbocycles. The van der Waals surface area contributed by atoms with Gasteiger partial charge in [-0.3, -0.25) is 4.79 Å². The molecule has 29 heavy (non-hydrogen) atoms. The number of carbonyl (C=O) groups is 1. The third kappa shape index (κ3) is 2.60. The molecule has 0 saturated carbocycles. The number of nitrogens with zero attached hydrogens (tertiary/aromatic N) is 1. The van der Waals surface area contributed by atoms with Crippen LogP contribution in [0.3, 0.4) is 0 Å². The van der Waals surface area contributed by atoms with Crippen molar-refractivity contribution in [1.82, 2.24) is 4.57 Å². The highest BCUT2D eigenvalue weighted by Crippen LogP contribution is 2.35. The van der Waals surface area contributed by atoms with Gasteiger partial charge in [0.2, 0.25) is 5.91 Å². The number of hydrogen-bond acceptors (Lipinski definition) is 1. The van der Waals surface area contributed by atoms with Crippen LogP contribution in [-0.2, 0) is 6.54 Å². The fraction of sp³-hybridized carbons (Fsp3) is 0.0800. The molecule has 0 saturated heterocycles. The second-order valence-corrected chi connectivity index (χ2v) is 7.37. The number of fused-ring (bicyclic) bond motifs is 4. The van der Waals surface area contributed by atoms with Crippen molar-refractivity contribution in [3.8, 4) is 0 Å². The van der Waals surface area contributed by atoms with Gasteiger partial charge in [0.05, 0.1) is 11.0 Å². The van der Waals surface area contributed by atoms with Crippen LogP contribution in [0.1, 0.15) is 21.5 Å². The van der Waals surface area contributed by atoms with Gasteiger partial charge in [-0.2, -0.15) is 0 Å². The summed E-state index contributed by atoms with van der Waals surface area (Å²) in [7, 11) is 0. The van der Waals surface area contributed by atoms with E-state index in [4.69, 9.17) is 5.73 Å². The fourth-order valence-corrected chi connectivity index (χ4v) is 4.34. The number of aromatic nitrogens is 1. The summed E-state index contributed by atoms with van der Waals surface area (Å²) < 4.78 is 17.0. The van der Waals surface area contributed by atoms with Gasteiger partial charge in [0, 0.05) is 22.9 Å². The first-order chi connectivity index (χ1) is 14.1. The van der Waals surface area contributed by atoms with Crippen LogP contribution in [0.2, 0.25) is 0 Å². The summed E-state index contributed by atoms with van der Waals surface area (Å²) in [6.45, 7) is 2.57. The summed E-state index contributed by atoms with van der Waals surface area (Å²) in [5.41, 5.74) is 9.60. The summed E-state index contributed by atoms with van der Waals surface area (Å²) in [4.78, 5) is 12.1. The molecule has 0 spiro atoms. The zero-order valence-corrected chi connectivity index (χ0v) is 15.9. The number of primary amides is 1. The number of hydrogen-bond donors (Lipinski definition) is 1. The quantitative estimate of drug-likeness (QED) is 0.437. The van der Waals surface area contributed by atoms with E-state index in [1.165, 1.54) is 6.07 Å². The molecule has 0 fully saturated rings. The molecule has 1 heterocycles. The normalized spacial score (nSPS) is 11.5. The van der Waals surface area contributed by atoms with E-state index in [0.717, 1.165) is 27.4 Å². The van der Waals surface area contributed by atoms with E-state index in [0.29, 0.717) is 28.4 Å². The van der Waals surface area contributed by atoms with Crippen molar-refractivity contribution < 1.29 is 9.18 Å². The Morgan fingerprint density at radius 2 is 1.69 bits per heavy atom. The molecule has 2 N–H and O–H groups in total. The lowest BCUT2D eigenvalue weighted by atomic mass is 9.99. The van der Waals surface area contributed by atoms with Crippen LogP contribution in [0.25, 0.3) is 32.6 Å². The predicted octanol–water partition coefficient (Wildman–Crippen LogP) is 5.54. The second kappa shape index (κ2) is 6.45. The molecule has 5 aromatic rings. The molecule has 0 atom stereocenters. The van der Waals surface area contributed by atoms with Gasteiger partial charge in [0.1, 0.15) is 5.82 Å². The maximum Gasteiger partial charge on any atom is 0.249 e. The Labute approximate surface area is 167 Å². The monoisotopic (exact) mass is 382 g/mol. The molecular weight excluding hydrogens is 363 g/mol. The van der Waals surface area contributed by atoms with E-state index < -0.39 is 5.91 Å². The van der Waals surface area contributed by atoms with Crippen molar-refractivity contribution in [3.05, 3.63) is 95.3 Å². The highest BCUT2D eigenvalue weighted by molar-refractivity contribution is 6.18. The van der Waals surface area contributed by atoms with E-state index >= 15 is 0 Å². The van der Waals surface area contributed by atoms with E-state index in [1.54, 1.807) is 18.2 Å². The van der Waals surface area contributed by atoms with Crippen molar-refractivity contribution >= 4 is 38.5 Å². The topological polar surface area (TPSA) is 48.0 Å². The number of aryl methyl sites for hydroxylation is 1. The molecular formula is C25H19FN2O. The molecule has 4 heteroatoms. The number of nitrogens with two attached hydrogens (primary N) is 1. The van der Waals surface area contributed by atoms with Crippen molar-refractivity contribution in [1.29, 1.82) is 0 Å². The van der Waals surface area contributed by atoms with E-state index in [-0.39, 0.29) is 5.82 Å². The maximum absolute atomic E-state index is 15.0. The van der Waals surface area contributed by atoms with Crippen molar-refractivity contribution in [2.75, 3.05) is 0 Å². The van der Waals surface area contributed by atoms with Gasteiger partial charge in [-0.1, -0.05) is 54.6 Å². The number of rotatable bonds is 3. The Kier molecular flexibility index (Phi) is 3.88. The highest BCUT2D eigenvalue weighted by atomic mass is 19.1. The predicted molar refractivity (Wildman–Crippen MR) is 116 cm³/mol. The zero-order chi connectivity index (χ0) is 20.1. The molecule has 0 aliphatic rings. The second-order valence-electron chi connectivity index (χ2n) is 7.37. The SMILES string of the molecule is Cc1ccc2ccccc2c1Cn1c2cccc(C(N)=O)c2c2cccc(F)c21. The minimum atomic E-state index is -0.514. The van der Waals surface area contributed by atoms with E-state index in [2.05, 4.69) is 31.2 Å². The van der Waals surface area contributed by atoms with Gasteiger partial charge < -0.3 is 10.3 Å². The van der Waals surface area contributed by atoms with Crippen molar-refractivity contribution in [3.63, 3.8) is 0 Å². The molecule has 0 radical (unpaired) electrons. The van der Waals surface area contributed by atoms with Crippen LogP contribution in [0.4, 0.5) is 4.39 Å². The summed E-state index contributed by atoms with van der Waals surface area (Å²) in [5, 5.41) is 3.69. The van der Waals surface area contributed by atoms with Gasteiger partial charge in [-0.15, -0.1) is 0 Å². The minimum absolute atomic E-state index is 0.313. The summed E-state index contributed by atoms with van der Waals surface area (Å²) in [5.74, 6) is -0.827. The van der Waals surface area contributed by atoms with Crippen LogP contribution in [0.15, 0.2) is 72.8 Å². The standard InChI is InChI=1S/C25H19FN2O/c1-15-12-13-16-6-2-3-7-17(16)20(15)14-28-22-11-5-9-19(25(27)29)23(22)18-8-4-10-21(26)24(18)28/h2-13H,14H2,1H3,(H2,27,29). The number of para-hydroxylation sites is 1. The Bertz CT molecular complexity index is 1430. The summed E-state index contributed by atoms with van der Waals surface area (Å²) in [6.07, 6.45) is 0. The van der Waals surface area contributed by atoms with Gasteiger partial charge in [0.15, 0.2) is 0 Å². The average Bonchev–Trinajstić information content (AvgIpc) is 3.05. The van der Waals surface area contributed by atoms with Crippen LogP contribution in [0.5, 0.6) is 0 Å². The van der Waals surface area contributed by atoms with Crippen molar-refractivity contribution in [2.24, 2.45) is 5.73 Å². The van der Waals surface area contributed by atoms with Gasteiger partial charge in [-0.05, 0) is 47.0 Å². The molecule has 1 aromatic heterocycles. The number of carbonyl (C=O) groups excluding carboxylic acids is 1. The third-order valence-electron chi connectivity index (χ3n) is 5.72. The largest absolute Gasteiger partial charge is 0.366 e. The molecule has 5 rings (SSSR count). The highest BCUT2D eigenvalue weighted by Gasteiger charge is 2.19. The molecule has 0 aliphatic carbocycles. The van der Waals surface area contributed by atoms with Crippen LogP contribution in [0, 0.1) is 12.7 Å². The lowest BCUT2D eigenvalue weighted by Gasteiger charge is -2.14.